The van der Waals surface area contributed by atoms with E-state index in [9.17, 15) is 18.5 Å². The number of ether oxygens (including phenoxy) is 1. The average molecular weight is 324 g/mol. The lowest BCUT2D eigenvalue weighted by molar-refractivity contribution is -0.0605. The molecule has 3 atom stereocenters. The number of phosphoric acid groups is 1. The molecule has 1 fully saturated rings. The van der Waals surface area contributed by atoms with Crippen LogP contribution in [0.1, 0.15) is 19.6 Å². The Kier molecular flexibility index (Phi) is 4.18. The summed E-state index contributed by atoms with van der Waals surface area (Å²) in [6.45, 7) is 0.672. The molecule has 0 amide bonds. The molecule has 1 saturated heterocycles. The number of hydrogen-bond acceptors (Lipinski definition) is 5. The lowest BCUT2D eigenvalue weighted by atomic mass is 10.0. The van der Waals surface area contributed by atoms with Crippen LogP contribution in [0.3, 0.4) is 0 Å². The predicted molar refractivity (Wildman–Crippen MR) is 67.4 cm³/mol. The van der Waals surface area contributed by atoms with Crippen molar-refractivity contribution >= 4 is 7.82 Å². The Hall–Kier alpha value is -1.32. The van der Waals surface area contributed by atoms with Crippen LogP contribution in [0.15, 0.2) is 21.9 Å². The minimum Gasteiger partial charge on any atom is -0.349 e. The number of halogens is 1. The number of aromatic amines is 1. The van der Waals surface area contributed by atoms with Crippen molar-refractivity contribution in [3.8, 4) is 0 Å². The van der Waals surface area contributed by atoms with Gasteiger partial charge in [0.25, 0.3) is 5.56 Å². The van der Waals surface area contributed by atoms with E-state index in [2.05, 4.69) is 4.52 Å². The Balaban J connectivity index is 2.19. The van der Waals surface area contributed by atoms with E-state index in [0.29, 0.717) is 0 Å². The Morgan fingerprint density at radius 2 is 2.29 bits per heavy atom. The first-order chi connectivity index (χ1) is 9.58. The molecule has 2 heterocycles. The molecule has 1 aliphatic heterocycles. The number of aromatic nitrogens is 2. The van der Waals surface area contributed by atoms with Crippen molar-refractivity contribution in [3.63, 3.8) is 0 Å². The number of nitrogens with one attached hydrogen (secondary N) is 1. The van der Waals surface area contributed by atoms with Crippen LogP contribution in [-0.2, 0) is 13.8 Å². The first-order valence-electron chi connectivity index (χ1n) is 5.94. The highest BCUT2D eigenvalue weighted by Gasteiger charge is 2.47. The number of alkyl halides is 1. The summed E-state index contributed by atoms with van der Waals surface area (Å²) in [5, 5.41) is 0. The molecule has 11 heteroatoms. The molecule has 2 rings (SSSR count). The Labute approximate surface area is 117 Å². The van der Waals surface area contributed by atoms with Crippen LogP contribution < -0.4 is 11.2 Å². The maximum absolute atomic E-state index is 14.5. The number of H-pyrrole nitrogens is 1. The first-order valence-corrected chi connectivity index (χ1v) is 7.47. The van der Waals surface area contributed by atoms with Crippen LogP contribution >= 0.6 is 7.82 Å². The lowest BCUT2D eigenvalue weighted by Crippen LogP contribution is -2.38. The van der Waals surface area contributed by atoms with Gasteiger partial charge in [-0.15, -0.1) is 0 Å². The van der Waals surface area contributed by atoms with E-state index in [1.807, 2.05) is 4.98 Å². The van der Waals surface area contributed by atoms with E-state index in [-0.39, 0.29) is 6.42 Å². The number of phosphoric ester groups is 1. The van der Waals surface area contributed by atoms with Gasteiger partial charge in [0, 0.05) is 18.7 Å². The van der Waals surface area contributed by atoms with Crippen molar-refractivity contribution in [1.29, 1.82) is 0 Å². The van der Waals surface area contributed by atoms with Gasteiger partial charge in [0.2, 0.25) is 0 Å². The van der Waals surface area contributed by atoms with Crippen LogP contribution in [-0.4, -0.2) is 37.7 Å². The molecule has 0 spiro atoms. The van der Waals surface area contributed by atoms with E-state index >= 15 is 0 Å². The minimum absolute atomic E-state index is 0.219. The Bertz CT molecular complexity index is 678. The SMILES string of the molecule is C[C@@]1(F)C[C@@H](COP(=O)(O)O)O[C@H]1n1ccc(=O)[nH]c1=O. The molecular weight excluding hydrogens is 310 g/mol. The molecule has 1 aromatic rings. The van der Waals surface area contributed by atoms with Crippen molar-refractivity contribution in [2.45, 2.75) is 31.3 Å². The van der Waals surface area contributed by atoms with Crippen LogP contribution in [0.2, 0.25) is 0 Å². The lowest BCUT2D eigenvalue weighted by Gasteiger charge is -2.22. The second kappa shape index (κ2) is 5.47. The molecule has 1 aliphatic rings. The van der Waals surface area contributed by atoms with Gasteiger partial charge in [-0.25, -0.2) is 13.8 Å². The van der Waals surface area contributed by atoms with Crippen molar-refractivity contribution < 1.29 is 28.0 Å². The van der Waals surface area contributed by atoms with Crippen LogP contribution in [0.5, 0.6) is 0 Å². The van der Waals surface area contributed by atoms with E-state index in [1.54, 1.807) is 0 Å². The van der Waals surface area contributed by atoms with Crippen LogP contribution in [0, 0.1) is 0 Å². The summed E-state index contributed by atoms with van der Waals surface area (Å²) in [7, 11) is -4.69. The summed E-state index contributed by atoms with van der Waals surface area (Å²) in [4.78, 5) is 41.8. The van der Waals surface area contributed by atoms with E-state index in [4.69, 9.17) is 14.5 Å². The van der Waals surface area contributed by atoms with Gasteiger partial charge in [-0.05, 0) is 6.92 Å². The minimum atomic E-state index is -4.69. The molecule has 0 aromatic carbocycles. The molecule has 118 valence electrons. The van der Waals surface area contributed by atoms with Crippen LogP contribution in [0.25, 0.3) is 0 Å². The topological polar surface area (TPSA) is 131 Å². The fourth-order valence-electron chi connectivity index (χ4n) is 2.16. The highest BCUT2D eigenvalue weighted by molar-refractivity contribution is 7.46. The Morgan fingerprint density at radius 3 is 2.86 bits per heavy atom. The third-order valence-corrected chi connectivity index (χ3v) is 3.48. The zero-order valence-corrected chi connectivity index (χ0v) is 11.8. The molecule has 3 N–H and O–H groups in total. The van der Waals surface area contributed by atoms with E-state index in [0.717, 1.165) is 16.8 Å². The quantitative estimate of drug-likeness (QED) is 0.646. The summed E-state index contributed by atoms with van der Waals surface area (Å²) in [5.74, 6) is 0. The second-order valence-corrected chi connectivity index (χ2v) is 6.14. The van der Waals surface area contributed by atoms with Gasteiger partial charge >= 0.3 is 13.5 Å². The summed E-state index contributed by atoms with van der Waals surface area (Å²) in [5.41, 5.74) is -3.44. The molecule has 0 unspecified atom stereocenters. The molecule has 9 nitrogen and oxygen atoms in total. The van der Waals surface area contributed by atoms with Crippen molar-refractivity contribution in [2.75, 3.05) is 6.61 Å². The second-order valence-electron chi connectivity index (χ2n) is 4.90. The third kappa shape index (κ3) is 3.86. The monoisotopic (exact) mass is 324 g/mol. The smallest absolute Gasteiger partial charge is 0.349 e. The molecular formula is C10H14FN2O7P. The molecule has 0 bridgehead atoms. The Morgan fingerprint density at radius 1 is 1.62 bits per heavy atom. The largest absolute Gasteiger partial charge is 0.469 e. The standard InChI is InChI=1S/C10H14FN2O7P/c1-10(11)4-6(5-19-21(16,17)18)20-8(10)13-3-2-7(14)12-9(13)15/h2-3,6,8H,4-5H2,1H3,(H,12,14,15)(H2,16,17,18)/t6-,8+,10+/m0/s1. The number of hydrogen-bond donors (Lipinski definition) is 3. The van der Waals surface area contributed by atoms with Gasteiger partial charge in [0.05, 0.1) is 12.7 Å². The van der Waals surface area contributed by atoms with Gasteiger partial charge < -0.3 is 14.5 Å². The molecule has 0 aliphatic carbocycles. The van der Waals surface area contributed by atoms with Gasteiger partial charge in [-0.3, -0.25) is 18.9 Å². The molecule has 0 radical (unpaired) electrons. The molecule has 1 aromatic heterocycles. The van der Waals surface area contributed by atoms with Crippen molar-refractivity contribution in [3.05, 3.63) is 33.1 Å². The summed E-state index contributed by atoms with van der Waals surface area (Å²) in [6.07, 6.45) is -1.39. The van der Waals surface area contributed by atoms with Crippen LogP contribution in [0.4, 0.5) is 4.39 Å². The van der Waals surface area contributed by atoms with E-state index < -0.39 is 43.7 Å². The summed E-state index contributed by atoms with van der Waals surface area (Å²) >= 11 is 0. The fraction of sp³-hybridized carbons (Fsp3) is 0.600. The summed E-state index contributed by atoms with van der Waals surface area (Å²) in [6, 6.07) is 1.04. The zero-order chi connectivity index (χ0) is 15.8. The number of nitrogens with zero attached hydrogens (tertiary/aromatic N) is 1. The average Bonchev–Trinajstić information content (AvgIpc) is 2.61. The van der Waals surface area contributed by atoms with Crippen molar-refractivity contribution in [2.24, 2.45) is 0 Å². The maximum Gasteiger partial charge on any atom is 0.469 e. The van der Waals surface area contributed by atoms with Gasteiger partial charge in [0.15, 0.2) is 11.9 Å². The predicted octanol–water partition coefficient (Wildman–Crippen LogP) is -0.338. The van der Waals surface area contributed by atoms with Gasteiger partial charge in [-0.2, -0.15) is 0 Å². The van der Waals surface area contributed by atoms with Gasteiger partial charge in [-0.1, -0.05) is 0 Å². The maximum atomic E-state index is 14.5. The normalized spacial score (nSPS) is 29.7. The first kappa shape index (κ1) is 16.1. The highest BCUT2D eigenvalue weighted by Crippen LogP contribution is 2.42. The van der Waals surface area contributed by atoms with Gasteiger partial charge in [0.1, 0.15) is 0 Å². The highest BCUT2D eigenvalue weighted by atomic mass is 31.2. The van der Waals surface area contributed by atoms with E-state index in [1.165, 1.54) is 6.92 Å². The summed E-state index contributed by atoms with van der Waals surface area (Å²) < 4.78 is 35.5. The molecule has 0 saturated carbocycles. The third-order valence-electron chi connectivity index (χ3n) is 3.00. The zero-order valence-electron chi connectivity index (χ0n) is 10.9. The fourth-order valence-corrected chi connectivity index (χ4v) is 2.52. The molecule has 21 heavy (non-hydrogen) atoms. The van der Waals surface area contributed by atoms with Crippen molar-refractivity contribution in [1.82, 2.24) is 9.55 Å². The number of rotatable bonds is 4.